The number of benzene rings is 2. The minimum absolute atomic E-state index is 0.243. The Kier molecular flexibility index (Phi) is 3.47. The zero-order valence-electron chi connectivity index (χ0n) is 8.24. The van der Waals surface area contributed by atoms with E-state index in [0.717, 1.165) is 0 Å². The molecule has 0 heterocycles. The predicted octanol–water partition coefficient (Wildman–Crippen LogP) is 3.17. The molecule has 2 aromatic rings. The van der Waals surface area contributed by atoms with Gasteiger partial charge in [0.15, 0.2) is 0 Å². The van der Waals surface area contributed by atoms with Crippen molar-refractivity contribution in [2.24, 2.45) is 0 Å². The fourth-order valence-corrected chi connectivity index (χ4v) is 2.02. The van der Waals surface area contributed by atoms with Crippen molar-refractivity contribution in [3.05, 3.63) is 71.8 Å². The third-order valence-electron chi connectivity index (χ3n) is 2.42. The van der Waals surface area contributed by atoms with Gasteiger partial charge in [0.05, 0.1) is 0 Å². The average Bonchev–Trinajstić information content (AvgIpc) is 2.33. The molecule has 0 saturated carbocycles. The van der Waals surface area contributed by atoms with Crippen molar-refractivity contribution in [2.75, 3.05) is 0 Å². The maximum atomic E-state index is 4.81. The van der Waals surface area contributed by atoms with Crippen LogP contribution in [0, 0.1) is 0 Å². The van der Waals surface area contributed by atoms with Crippen LogP contribution in [0.5, 0.6) is 0 Å². The first-order valence-corrected chi connectivity index (χ1v) is 5.48. The van der Waals surface area contributed by atoms with Gasteiger partial charge in [0.25, 0.3) is 0 Å². The Bertz CT molecular complexity index is 380. The van der Waals surface area contributed by atoms with Crippen molar-refractivity contribution in [2.45, 2.75) is 5.92 Å². The van der Waals surface area contributed by atoms with Crippen LogP contribution in [0.2, 0.25) is 0 Å². The molecule has 0 N–H and O–H groups in total. The van der Waals surface area contributed by atoms with Gasteiger partial charge in [-0.25, -0.2) is 0 Å². The maximum absolute atomic E-state index is 4.81. The predicted molar refractivity (Wildman–Crippen MR) is 60.8 cm³/mol. The first-order valence-electron chi connectivity index (χ1n) is 4.91. The van der Waals surface area contributed by atoms with Gasteiger partial charge < -0.3 is 0 Å². The van der Waals surface area contributed by atoms with E-state index in [9.17, 15) is 0 Å². The summed E-state index contributed by atoms with van der Waals surface area (Å²) in [6, 6.07) is 20.7. The standard InChI is InChI=1S/C14H12.Ni/c1-12(13-8-4-2-5-9-13)14-10-6-3-7-11-14;/h1-12H;. The molecule has 0 amide bonds. The summed E-state index contributed by atoms with van der Waals surface area (Å²) in [7, 11) is 0. The molecule has 0 aliphatic carbocycles. The van der Waals surface area contributed by atoms with Crippen LogP contribution in [0.3, 0.4) is 0 Å². The summed E-state index contributed by atoms with van der Waals surface area (Å²) in [6.45, 7) is 0. The van der Waals surface area contributed by atoms with Gasteiger partial charge in [-0.3, -0.25) is 0 Å². The van der Waals surface area contributed by atoms with E-state index in [4.69, 9.17) is 15.0 Å². The van der Waals surface area contributed by atoms with Crippen LogP contribution in [0.1, 0.15) is 17.0 Å². The van der Waals surface area contributed by atoms with Crippen LogP contribution in [0.25, 0.3) is 0 Å². The molecule has 0 radical (unpaired) electrons. The monoisotopic (exact) mass is 238 g/mol. The molecule has 0 spiro atoms. The van der Waals surface area contributed by atoms with E-state index in [2.05, 4.69) is 48.5 Å². The summed E-state index contributed by atoms with van der Waals surface area (Å²) >= 11 is 4.81. The summed E-state index contributed by atoms with van der Waals surface area (Å²) in [5.74, 6) is 0.243. The topological polar surface area (TPSA) is 0 Å². The van der Waals surface area contributed by atoms with E-state index in [1.54, 1.807) is 0 Å². The third-order valence-corrected chi connectivity index (χ3v) is 2.75. The van der Waals surface area contributed by atoms with Crippen molar-refractivity contribution in [1.82, 2.24) is 0 Å². The van der Waals surface area contributed by atoms with Crippen molar-refractivity contribution < 1.29 is 15.0 Å². The molecule has 0 fully saturated rings. The van der Waals surface area contributed by atoms with Gasteiger partial charge >= 0.3 is 97.7 Å². The second kappa shape index (κ2) is 5.05. The van der Waals surface area contributed by atoms with E-state index in [0.29, 0.717) is 0 Å². The molecular formula is C14H12Ni. The molecule has 1 heteroatoms. The molecule has 0 bridgehead atoms. The Labute approximate surface area is 97.9 Å². The van der Waals surface area contributed by atoms with Crippen LogP contribution in [0.4, 0.5) is 0 Å². The molecule has 0 aliphatic rings. The molecular weight excluding hydrogens is 227 g/mol. The molecule has 0 unspecified atom stereocenters. The Hall–Kier alpha value is -1.20. The molecule has 78 valence electrons. The fraction of sp³-hybridized carbons (Fsp3) is 0.0714. The Morgan fingerprint density at radius 3 is 1.47 bits per heavy atom. The van der Waals surface area contributed by atoms with Crippen molar-refractivity contribution >= 4 is 4.99 Å². The van der Waals surface area contributed by atoms with Gasteiger partial charge in [-0.2, -0.15) is 0 Å². The van der Waals surface area contributed by atoms with Gasteiger partial charge in [0.2, 0.25) is 0 Å². The Balaban J connectivity index is 2.38. The number of hydrogen-bond acceptors (Lipinski definition) is 0. The second-order valence-corrected chi connectivity index (χ2v) is 3.73. The van der Waals surface area contributed by atoms with Crippen molar-refractivity contribution in [3.63, 3.8) is 0 Å². The Morgan fingerprint density at radius 1 is 0.733 bits per heavy atom. The van der Waals surface area contributed by atoms with Crippen LogP contribution in [-0.2, 0) is 15.0 Å². The molecule has 2 aromatic carbocycles. The number of hydrogen-bond donors (Lipinski definition) is 0. The molecule has 0 atom stereocenters. The van der Waals surface area contributed by atoms with Crippen LogP contribution >= 0.6 is 0 Å². The first kappa shape index (κ1) is 10.3. The summed E-state index contributed by atoms with van der Waals surface area (Å²) < 4.78 is 0. The summed E-state index contributed by atoms with van der Waals surface area (Å²) in [5.41, 5.74) is 2.52. The van der Waals surface area contributed by atoms with Crippen molar-refractivity contribution in [3.8, 4) is 0 Å². The minimum atomic E-state index is 0.243. The van der Waals surface area contributed by atoms with E-state index >= 15 is 0 Å². The van der Waals surface area contributed by atoms with E-state index < -0.39 is 0 Å². The number of rotatable bonds is 3. The fourth-order valence-electron chi connectivity index (χ4n) is 1.63. The zero-order valence-corrected chi connectivity index (χ0v) is 9.23. The molecule has 0 aromatic heterocycles. The average molecular weight is 239 g/mol. The molecule has 0 saturated heterocycles. The molecule has 0 aliphatic heterocycles. The van der Waals surface area contributed by atoms with Gasteiger partial charge in [-0.1, -0.05) is 0 Å². The summed E-state index contributed by atoms with van der Waals surface area (Å²) in [4.78, 5) is 1.87. The van der Waals surface area contributed by atoms with Gasteiger partial charge in [-0.15, -0.1) is 0 Å². The molecule has 2 rings (SSSR count). The third kappa shape index (κ3) is 2.43. The SMILES string of the molecule is [Ni]=[CH]C(c1ccccc1)c1ccccc1. The van der Waals surface area contributed by atoms with Crippen LogP contribution in [0.15, 0.2) is 60.7 Å². The molecule has 0 nitrogen and oxygen atoms in total. The zero-order chi connectivity index (χ0) is 10.5. The van der Waals surface area contributed by atoms with E-state index in [1.807, 2.05) is 17.1 Å². The first-order chi connectivity index (χ1) is 7.42. The van der Waals surface area contributed by atoms with Gasteiger partial charge in [0.1, 0.15) is 0 Å². The normalized spacial score (nSPS) is 10.3. The second-order valence-electron chi connectivity index (χ2n) is 3.40. The van der Waals surface area contributed by atoms with Crippen LogP contribution < -0.4 is 0 Å². The van der Waals surface area contributed by atoms with Gasteiger partial charge in [0, 0.05) is 0 Å². The summed E-state index contributed by atoms with van der Waals surface area (Å²) in [6.07, 6.45) is 0. The summed E-state index contributed by atoms with van der Waals surface area (Å²) in [5, 5.41) is 0. The van der Waals surface area contributed by atoms with E-state index in [-0.39, 0.29) is 5.92 Å². The quantitative estimate of drug-likeness (QED) is 0.721. The molecule has 15 heavy (non-hydrogen) atoms. The van der Waals surface area contributed by atoms with E-state index in [1.165, 1.54) is 11.1 Å². The van der Waals surface area contributed by atoms with Crippen molar-refractivity contribution in [1.29, 1.82) is 0 Å². The van der Waals surface area contributed by atoms with Crippen LogP contribution in [-0.4, -0.2) is 4.99 Å². The van der Waals surface area contributed by atoms with Gasteiger partial charge in [-0.05, 0) is 0 Å². The Morgan fingerprint density at radius 2 is 1.13 bits per heavy atom.